The van der Waals surface area contributed by atoms with Crippen molar-refractivity contribution in [2.24, 2.45) is 10.8 Å². The molecular formula is C29H20. The third-order valence-corrected chi connectivity index (χ3v) is 6.53. The molecule has 0 N–H and O–H groups in total. The summed E-state index contributed by atoms with van der Waals surface area (Å²) in [5.74, 6) is 14.2. The molecule has 0 saturated heterocycles. The van der Waals surface area contributed by atoms with Gasteiger partial charge in [-0.05, 0) is 52.9 Å². The van der Waals surface area contributed by atoms with Gasteiger partial charge in [0, 0.05) is 22.0 Å². The van der Waals surface area contributed by atoms with Crippen molar-refractivity contribution in [3.05, 3.63) is 96.1 Å². The molecule has 2 bridgehead atoms. The highest BCUT2D eigenvalue weighted by atomic mass is 14.7. The zero-order valence-corrected chi connectivity index (χ0v) is 16.2. The van der Waals surface area contributed by atoms with Gasteiger partial charge in [-0.1, -0.05) is 96.5 Å². The van der Waals surface area contributed by atoms with Crippen molar-refractivity contribution in [3.8, 4) is 23.7 Å². The maximum atomic E-state index is 3.60. The Balaban J connectivity index is 1.24. The van der Waals surface area contributed by atoms with E-state index in [0.29, 0.717) is 0 Å². The second-order valence-electron chi connectivity index (χ2n) is 8.64. The van der Waals surface area contributed by atoms with E-state index in [-0.39, 0.29) is 10.8 Å². The van der Waals surface area contributed by atoms with Gasteiger partial charge in [0.15, 0.2) is 0 Å². The third-order valence-electron chi connectivity index (χ3n) is 6.53. The smallest absolute Gasteiger partial charge is 0.0361 e. The first-order valence-electron chi connectivity index (χ1n) is 10.3. The standard InChI is InChI=1S/C29H20/c1-3-13-26-22(7-1)9-5-11-24(26)15-17-28-19-29(20-28,21-28)18-16-25-12-6-10-23-8-2-4-14-27(23)25/h1-14H,19-21H2. The summed E-state index contributed by atoms with van der Waals surface area (Å²) < 4.78 is 0. The van der Waals surface area contributed by atoms with Crippen molar-refractivity contribution in [2.45, 2.75) is 19.3 Å². The van der Waals surface area contributed by atoms with Gasteiger partial charge in [0.05, 0.1) is 0 Å². The van der Waals surface area contributed by atoms with Crippen LogP contribution in [0.25, 0.3) is 21.5 Å². The molecule has 3 aliphatic carbocycles. The molecule has 0 heterocycles. The highest BCUT2D eigenvalue weighted by molar-refractivity contribution is 5.89. The lowest BCUT2D eigenvalue weighted by Crippen LogP contribution is -2.60. The second kappa shape index (κ2) is 6.01. The van der Waals surface area contributed by atoms with E-state index < -0.39 is 0 Å². The van der Waals surface area contributed by atoms with Crippen molar-refractivity contribution >= 4 is 21.5 Å². The molecule has 0 aromatic heterocycles. The minimum atomic E-state index is 0.199. The summed E-state index contributed by atoms with van der Waals surface area (Å²) in [6, 6.07) is 29.8. The van der Waals surface area contributed by atoms with Crippen molar-refractivity contribution in [2.75, 3.05) is 0 Å². The van der Waals surface area contributed by atoms with Gasteiger partial charge >= 0.3 is 0 Å². The van der Waals surface area contributed by atoms with Gasteiger partial charge in [-0.3, -0.25) is 0 Å². The van der Waals surface area contributed by atoms with E-state index >= 15 is 0 Å². The quantitative estimate of drug-likeness (QED) is 0.308. The minimum Gasteiger partial charge on any atom is -0.0909 e. The molecule has 7 rings (SSSR count). The lowest BCUT2D eigenvalue weighted by Gasteiger charge is -2.65. The normalized spacial score (nSPS) is 23.9. The van der Waals surface area contributed by atoms with E-state index in [2.05, 4.69) is 109 Å². The van der Waals surface area contributed by atoms with Crippen LogP contribution in [0.5, 0.6) is 0 Å². The Labute approximate surface area is 171 Å². The molecule has 3 aliphatic rings. The Morgan fingerprint density at radius 2 is 0.897 bits per heavy atom. The van der Waals surface area contributed by atoms with Crippen molar-refractivity contribution < 1.29 is 0 Å². The molecule has 3 saturated carbocycles. The monoisotopic (exact) mass is 368 g/mol. The highest BCUT2D eigenvalue weighted by Crippen LogP contribution is 2.72. The zero-order chi connectivity index (χ0) is 19.3. The van der Waals surface area contributed by atoms with Crippen LogP contribution in [0.3, 0.4) is 0 Å². The van der Waals surface area contributed by atoms with E-state index in [9.17, 15) is 0 Å². The van der Waals surface area contributed by atoms with E-state index in [1.54, 1.807) is 0 Å². The molecule has 0 heteroatoms. The summed E-state index contributed by atoms with van der Waals surface area (Å²) >= 11 is 0. The Morgan fingerprint density at radius 1 is 0.483 bits per heavy atom. The maximum absolute atomic E-state index is 3.60. The van der Waals surface area contributed by atoms with E-state index in [1.807, 2.05) is 0 Å². The van der Waals surface area contributed by atoms with Crippen LogP contribution in [-0.4, -0.2) is 0 Å². The van der Waals surface area contributed by atoms with Gasteiger partial charge < -0.3 is 0 Å². The van der Waals surface area contributed by atoms with Crippen molar-refractivity contribution in [3.63, 3.8) is 0 Å². The Morgan fingerprint density at radius 3 is 1.38 bits per heavy atom. The number of rotatable bonds is 0. The number of fused-ring (bicyclic) bond motifs is 2. The fourth-order valence-electron chi connectivity index (χ4n) is 5.12. The molecule has 0 amide bonds. The van der Waals surface area contributed by atoms with Crippen LogP contribution in [0.1, 0.15) is 30.4 Å². The summed E-state index contributed by atoms with van der Waals surface area (Å²) in [6.45, 7) is 0. The fourth-order valence-corrected chi connectivity index (χ4v) is 5.12. The molecule has 29 heavy (non-hydrogen) atoms. The van der Waals surface area contributed by atoms with Crippen LogP contribution in [-0.2, 0) is 0 Å². The molecule has 4 aromatic rings. The van der Waals surface area contributed by atoms with Crippen LogP contribution in [0, 0.1) is 34.5 Å². The summed E-state index contributed by atoms with van der Waals surface area (Å²) in [6.07, 6.45) is 3.36. The predicted octanol–water partition coefficient (Wildman–Crippen LogP) is 6.57. The molecule has 0 atom stereocenters. The fraction of sp³-hybridized carbons (Fsp3) is 0.172. The summed E-state index contributed by atoms with van der Waals surface area (Å²) in [5.41, 5.74) is 2.68. The average molecular weight is 368 g/mol. The first-order chi connectivity index (χ1) is 14.2. The predicted molar refractivity (Wildman–Crippen MR) is 120 cm³/mol. The molecule has 4 aromatic carbocycles. The van der Waals surface area contributed by atoms with Crippen LogP contribution >= 0.6 is 0 Å². The molecule has 3 fully saturated rings. The lowest BCUT2D eigenvalue weighted by atomic mass is 9.36. The van der Waals surface area contributed by atoms with Crippen molar-refractivity contribution in [1.82, 2.24) is 0 Å². The molecule has 0 unspecified atom stereocenters. The Hall–Kier alpha value is -3.48. The molecule has 0 spiro atoms. The summed E-state index contributed by atoms with van der Waals surface area (Å²) in [5, 5.41) is 5.02. The molecule has 0 nitrogen and oxygen atoms in total. The largest absolute Gasteiger partial charge is 0.0909 e. The first-order valence-corrected chi connectivity index (χ1v) is 10.3. The Kier molecular flexibility index (Phi) is 3.41. The van der Waals surface area contributed by atoms with Crippen LogP contribution in [0.15, 0.2) is 84.9 Å². The van der Waals surface area contributed by atoms with Gasteiger partial charge in [0.1, 0.15) is 0 Å². The third kappa shape index (κ3) is 2.65. The number of hydrogen-bond acceptors (Lipinski definition) is 0. The van der Waals surface area contributed by atoms with E-state index in [4.69, 9.17) is 0 Å². The van der Waals surface area contributed by atoms with Gasteiger partial charge in [-0.2, -0.15) is 0 Å². The topological polar surface area (TPSA) is 0 Å². The average Bonchev–Trinajstić information content (AvgIpc) is 2.71. The number of benzene rings is 4. The van der Waals surface area contributed by atoms with Crippen LogP contribution < -0.4 is 0 Å². The highest BCUT2D eigenvalue weighted by Gasteiger charge is 2.66. The van der Waals surface area contributed by atoms with Crippen LogP contribution in [0.2, 0.25) is 0 Å². The van der Waals surface area contributed by atoms with Crippen molar-refractivity contribution in [1.29, 1.82) is 0 Å². The molecule has 0 radical (unpaired) electrons. The summed E-state index contributed by atoms with van der Waals surface area (Å²) in [7, 11) is 0. The lowest BCUT2D eigenvalue weighted by molar-refractivity contribution is -0.113. The molecular weight excluding hydrogens is 348 g/mol. The van der Waals surface area contributed by atoms with Gasteiger partial charge in [0.2, 0.25) is 0 Å². The maximum Gasteiger partial charge on any atom is 0.0361 e. The SMILES string of the molecule is C(#CC12CC(C#Cc3cccc4ccccc34)(C1)C2)c1cccc2ccccc12. The van der Waals surface area contributed by atoms with Gasteiger partial charge in [-0.25, -0.2) is 0 Å². The van der Waals surface area contributed by atoms with Gasteiger partial charge in [0.25, 0.3) is 0 Å². The molecule has 136 valence electrons. The van der Waals surface area contributed by atoms with Gasteiger partial charge in [-0.15, -0.1) is 0 Å². The van der Waals surface area contributed by atoms with E-state index in [1.165, 1.54) is 21.5 Å². The second-order valence-corrected chi connectivity index (χ2v) is 8.64. The molecule has 0 aliphatic heterocycles. The minimum absolute atomic E-state index is 0.199. The number of hydrogen-bond donors (Lipinski definition) is 0. The zero-order valence-electron chi connectivity index (χ0n) is 16.2. The van der Waals surface area contributed by atoms with E-state index in [0.717, 1.165) is 30.4 Å². The Bertz CT molecular complexity index is 1260. The summed E-state index contributed by atoms with van der Waals surface area (Å²) in [4.78, 5) is 0. The van der Waals surface area contributed by atoms with Crippen LogP contribution in [0.4, 0.5) is 0 Å². The first kappa shape index (κ1) is 16.5.